The van der Waals surface area contributed by atoms with Crippen LogP contribution in [-0.2, 0) is 11.2 Å². The van der Waals surface area contributed by atoms with Crippen molar-refractivity contribution >= 4 is 5.91 Å². The van der Waals surface area contributed by atoms with Crippen LogP contribution in [0.2, 0.25) is 0 Å². The lowest BCUT2D eigenvalue weighted by Gasteiger charge is -2.34. The smallest absolute Gasteiger partial charge is 0.239 e. The average Bonchev–Trinajstić information content (AvgIpc) is 3.10. The van der Waals surface area contributed by atoms with Crippen molar-refractivity contribution < 1.29 is 9.32 Å². The average molecular weight is 278 g/mol. The number of aryl methyl sites for hydroxylation is 1. The van der Waals surface area contributed by atoms with Crippen LogP contribution in [0.15, 0.2) is 4.52 Å². The van der Waals surface area contributed by atoms with Crippen LogP contribution in [0.25, 0.3) is 0 Å². The van der Waals surface area contributed by atoms with Crippen molar-refractivity contribution in [2.24, 2.45) is 5.92 Å². The van der Waals surface area contributed by atoms with Gasteiger partial charge in [0.1, 0.15) is 0 Å². The number of piperidine rings is 1. The van der Waals surface area contributed by atoms with Crippen LogP contribution in [0, 0.1) is 12.8 Å². The molecule has 0 saturated carbocycles. The Labute approximate surface area is 118 Å². The number of hydrogen-bond donors (Lipinski definition) is 1. The second-order valence-electron chi connectivity index (χ2n) is 5.88. The van der Waals surface area contributed by atoms with E-state index in [1.165, 1.54) is 0 Å². The molecular weight excluding hydrogens is 256 g/mol. The van der Waals surface area contributed by atoms with E-state index in [0.717, 1.165) is 57.6 Å². The van der Waals surface area contributed by atoms with Gasteiger partial charge in [-0.05, 0) is 38.1 Å². The van der Waals surface area contributed by atoms with Crippen LogP contribution in [-0.4, -0.2) is 46.6 Å². The van der Waals surface area contributed by atoms with E-state index in [4.69, 9.17) is 4.52 Å². The van der Waals surface area contributed by atoms with Crippen LogP contribution >= 0.6 is 0 Å². The summed E-state index contributed by atoms with van der Waals surface area (Å²) < 4.78 is 5.01. The number of rotatable bonds is 3. The van der Waals surface area contributed by atoms with Crippen molar-refractivity contribution in [2.45, 2.75) is 45.1 Å². The number of aromatic nitrogens is 2. The first-order valence-electron chi connectivity index (χ1n) is 7.54. The Morgan fingerprint density at radius 3 is 3.05 bits per heavy atom. The molecular formula is C14H22N4O2. The number of carbonyl (C=O) groups excluding carboxylic acids is 1. The fraction of sp³-hybridized carbons (Fsp3) is 0.786. The van der Waals surface area contributed by atoms with E-state index in [1.807, 2.05) is 4.90 Å². The van der Waals surface area contributed by atoms with E-state index in [2.05, 4.69) is 15.5 Å². The van der Waals surface area contributed by atoms with Gasteiger partial charge in [0.2, 0.25) is 11.8 Å². The summed E-state index contributed by atoms with van der Waals surface area (Å²) in [6.45, 7) is 4.48. The van der Waals surface area contributed by atoms with Gasteiger partial charge in [-0.15, -0.1) is 0 Å². The van der Waals surface area contributed by atoms with Gasteiger partial charge in [-0.3, -0.25) is 4.79 Å². The van der Waals surface area contributed by atoms with E-state index in [9.17, 15) is 4.79 Å². The Morgan fingerprint density at radius 2 is 2.35 bits per heavy atom. The third kappa shape index (κ3) is 3.00. The highest BCUT2D eigenvalue weighted by Gasteiger charge is 2.30. The summed E-state index contributed by atoms with van der Waals surface area (Å²) in [4.78, 5) is 18.7. The fourth-order valence-electron chi connectivity index (χ4n) is 3.23. The van der Waals surface area contributed by atoms with Crippen LogP contribution in [0.5, 0.6) is 0 Å². The lowest BCUT2D eigenvalue weighted by molar-refractivity contribution is -0.134. The predicted octanol–water partition coefficient (Wildman–Crippen LogP) is 0.911. The summed E-state index contributed by atoms with van der Waals surface area (Å²) in [5, 5.41) is 7.25. The Kier molecular flexibility index (Phi) is 4.00. The summed E-state index contributed by atoms with van der Waals surface area (Å²) >= 11 is 0. The van der Waals surface area contributed by atoms with Crippen LogP contribution in [0.1, 0.15) is 37.4 Å². The number of nitrogens with one attached hydrogen (secondary N) is 1. The summed E-state index contributed by atoms with van der Waals surface area (Å²) in [7, 11) is 0. The Balaban J connectivity index is 1.57. The molecule has 0 aromatic carbocycles. The molecule has 6 heteroatoms. The van der Waals surface area contributed by atoms with Crippen molar-refractivity contribution in [3.63, 3.8) is 0 Å². The van der Waals surface area contributed by atoms with E-state index in [0.29, 0.717) is 11.8 Å². The molecule has 0 unspecified atom stereocenters. The highest BCUT2D eigenvalue weighted by atomic mass is 16.5. The molecule has 3 rings (SSSR count). The zero-order valence-corrected chi connectivity index (χ0v) is 12.0. The van der Waals surface area contributed by atoms with E-state index >= 15 is 0 Å². The molecule has 2 aliphatic rings. The Bertz CT molecular complexity index is 467. The quantitative estimate of drug-likeness (QED) is 0.890. The van der Waals surface area contributed by atoms with Crippen molar-refractivity contribution in [3.8, 4) is 0 Å². The topological polar surface area (TPSA) is 71.3 Å². The largest absolute Gasteiger partial charge is 0.341 e. The van der Waals surface area contributed by atoms with Gasteiger partial charge in [-0.25, -0.2) is 0 Å². The summed E-state index contributed by atoms with van der Waals surface area (Å²) in [5.41, 5.74) is 0. The minimum absolute atomic E-state index is 0.0427. The summed E-state index contributed by atoms with van der Waals surface area (Å²) in [5.74, 6) is 2.10. The molecule has 0 aliphatic carbocycles. The van der Waals surface area contributed by atoms with Gasteiger partial charge >= 0.3 is 0 Å². The summed E-state index contributed by atoms with van der Waals surface area (Å²) in [6, 6.07) is 0.0427. The molecule has 1 aromatic heterocycles. The summed E-state index contributed by atoms with van der Waals surface area (Å²) in [6.07, 6.45) is 5.09. The second-order valence-corrected chi connectivity index (χ2v) is 5.88. The van der Waals surface area contributed by atoms with Crippen molar-refractivity contribution in [1.82, 2.24) is 20.4 Å². The van der Waals surface area contributed by atoms with Gasteiger partial charge < -0.3 is 14.7 Å². The van der Waals surface area contributed by atoms with Crippen LogP contribution in [0.4, 0.5) is 0 Å². The maximum Gasteiger partial charge on any atom is 0.239 e. The fourth-order valence-corrected chi connectivity index (χ4v) is 3.23. The number of carbonyl (C=O) groups is 1. The van der Waals surface area contributed by atoms with Crippen molar-refractivity contribution in [2.75, 3.05) is 19.6 Å². The number of amides is 1. The standard InChI is InChI=1S/C14H22N4O2/c1-10-16-13(17-20-10)8-11-4-3-7-18(9-11)14(19)12-5-2-6-15-12/h11-12,15H,2-9H2,1H3/t11-,12-/m1/s1. The van der Waals surface area contributed by atoms with Crippen LogP contribution < -0.4 is 5.32 Å². The SMILES string of the molecule is Cc1nc(C[C@H]2CCCN(C(=O)[C@H]3CCCN3)C2)no1. The van der Waals surface area contributed by atoms with Gasteiger partial charge in [0.05, 0.1) is 6.04 Å². The van der Waals surface area contributed by atoms with Gasteiger partial charge in [0, 0.05) is 26.4 Å². The molecule has 3 heterocycles. The van der Waals surface area contributed by atoms with Gasteiger partial charge in [-0.1, -0.05) is 5.16 Å². The molecule has 2 saturated heterocycles. The molecule has 0 spiro atoms. The third-order valence-electron chi connectivity index (χ3n) is 4.23. The minimum Gasteiger partial charge on any atom is -0.341 e. The third-order valence-corrected chi connectivity index (χ3v) is 4.23. The lowest BCUT2D eigenvalue weighted by atomic mass is 9.94. The number of hydrogen-bond acceptors (Lipinski definition) is 5. The Morgan fingerprint density at radius 1 is 1.45 bits per heavy atom. The van der Waals surface area contributed by atoms with E-state index in [-0.39, 0.29) is 11.9 Å². The Hall–Kier alpha value is -1.43. The first-order chi connectivity index (χ1) is 9.72. The minimum atomic E-state index is 0.0427. The first kappa shape index (κ1) is 13.5. The van der Waals surface area contributed by atoms with Gasteiger partial charge in [-0.2, -0.15) is 4.98 Å². The lowest BCUT2D eigenvalue weighted by Crippen LogP contribution is -2.48. The molecule has 2 fully saturated rings. The highest BCUT2D eigenvalue weighted by Crippen LogP contribution is 2.21. The van der Waals surface area contributed by atoms with Gasteiger partial charge in [0.25, 0.3) is 0 Å². The maximum absolute atomic E-state index is 12.4. The highest BCUT2D eigenvalue weighted by molar-refractivity contribution is 5.82. The van der Waals surface area contributed by atoms with E-state index in [1.54, 1.807) is 6.92 Å². The number of nitrogens with zero attached hydrogens (tertiary/aromatic N) is 3. The molecule has 2 atom stereocenters. The molecule has 1 aromatic rings. The van der Waals surface area contributed by atoms with Crippen LogP contribution in [0.3, 0.4) is 0 Å². The molecule has 0 bridgehead atoms. The zero-order chi connectivity index (χ0) is 13.9. The molecule has 6 nitrogen and oxygen atoms in total. The molecule has 1 amide bonds. The van der Waals surface area contributed by atoms with Crippen molar-refractivity contribution in [1.29, 1.82) is 0 Å². The number of likely N-dealkylation sites (tertiary alicyclic amines) is 1. The molecule has 20 heavy (non-hydrogen) atoms. The normalized spacial score (nSPS) is 26.9. The van der Waals surface area contributed by atoms with E-state index < -0.39 is 0 Å². The molecule has 2 aliphatic heterocycles. The maximum atomic E-state index is 12.4. The second kappa shape index (κ2) is 5.91. The zero-order valence-electron chi connectivity index (χ0n) is 12.0. The predicted molar refractivity (Wildman–Crippen MR) is 73.1 cm³/mol. The monoisotopic (exact) mass is 278 g/mol. The molecule has 1 N–H and O–H groups in total. The molecule has 0 radical (unpaired) electrons. The van der Waals surface area contributed by atoms with Crippen molar-refractivity contribution in [3.05, 3.63) is 11.7 Å². The van der Waals surface area contributed by atoms with Gasteiger partial charge in [0.15, 0.2) is 5.82 Å². The first-order valence-corrected chi connectivity index (χ1v) is 7.54. The molecule has 110 valence electrons.